The standard InChI is InChI=1S/C13H23N3O2/c1-2-17-9-8-12-15-13(18-16-12)10-6-4-3-5-7-11(10)14/h10-11H,2-9,14H2,1H3. The maximum absolute atomic E-state index is 6.19. The van der Waals surface area contributed by atoms with E-state index in [1.807, 2.05) is 6.92 Å². The molecule has 0 aromatic carbocycles. The van der Waals surface area contributed by atoms with Gasteiger partial charge in [0.05, 0.1) is 12.5 Å². The van der Waals surface area contributed by atoms with Crippen LogP contribution in [-0.2, 0) is 11.2 Å². The van der Waals surface area contributed by atoms with Gasteiger partial charge < -0.3 is 15.0 Å². The molecule has 0 amide bonds. The highest BCUT2D eigenvalue weighted by molar-refractivity contribution is 4.99. The summed E-state index contributed by atoms with van der Waals surface area (Å²) in [5, 5.41) is 4.01. The third-order valence-electron chi connectivity index (χ3n) is 3.54. The highest BCUT2D eigenvalue weighted by Crippen LogP contribution is 2.29. The highest BCUT2D eigenvalue weighted by Gasteiger charge is 2.26. The summed E-state index contributed by atoms with van der Waals surface area (Å²) in [7, 11) is 0. The molecule has 1 saturated carbocycles. The number of ether oxygens (including phenoxy) is 1. The molecule has 2 atom stereocenters. The molecule has 1 aromatic rings. The number of aromatic nitrogens is 2. The third-order valence-corrected chi connectivity index (χ3v) is 3.54. The Kier molecular flexibility index (Phi) is 5.13. The molecule has 1 fully saturated rings. The molecular weight excluding hydrogens is 230 g/mol. The van der Waals surface area contributed by atoms with Gasteiger partial charge in [0.2, 0.25) is 5.89 Å². The van der Waals surface area contributed by atoms with Crippen LogP contribution < -0.4 is 5.73 Å². The fraction of sp³-hybridized carbons (Fsp3) is 0.846. The molecule has 2 rings (SSSR count). The van der Waals surface area contributed by atoms with E-state index in [0.717, 1.165) is 31.2 Å². The van der Waals surface area contributed by atoms with Crippen LogP contribution in [0.5, 0.6) is 0 Å². The van der Waals surface area contributed by atoms with Crippen LogP contribution in [0.3, 0.4) is 0 Å². The predicted octanol–water partition coefficient (Wildman–Crippen LogP) is 2.02. The van der Waals surface area contributed by atoms with Gasteiger partial charge in [-0.2, -0.15) is 4.98 Å². The molecule has 5 nitrogen and oxygen atoms in total. The molecule has 1 aliphatic rings. The van der Waals surface area contributed by atoms with Crippen molar-refractivity contribution in [3.05, 3.63) is 11.7 Å². The van der Waals surface area contributed by atoms with Crippen LogP contribution >= 0.6 is 0 Å². The number of nitrogens with two attached hydrogens (primary N) is 1. The Hall–Kier alpha value is -0.940. The van der Waals surface area contributed by atoms with Crippen molar-refractivity contribution in [1.82, 2.24) is 10.1 Å². The van der Waals surface area contributed by atoms with Gasteiger partial charge in [0, 0.05) is 19.1 Å². The van der Waals surface area contributed by atoms with Crippen LogP contribution in [0.2, 0.25) is 0 Å². The zero-order valence-corrected chi connectivity index (χ0v) is 11.1. The number of rotatable bonds is 5. The average Bonchev–Trinajstić information content (AvgIpc) is 2.72. The van der Waals surface area contributed by atoms with Crippen molar-refractivity contribution in [3.8, 4) is 0 Å². The fourth-order valence-corrected chi connectivity index (χ4v) is 2.47. The van der Waals surface area contributed by atoms with Crippen molar-refractivity contribution in [1.29, 1.82) is 0 Å². The predicted molar refractivity (Wildman–Crippen MR) is 68.3 cm³/mol. The minimum Gasteiger partial charge on any atom is -0.381 e. The molecular formula is C13H23N3O2. The second-order valence-electron chi connectivity index (χ2n) is 4.90. The van der Waals surface area contributed by atoms with E-state index in [4.69, 9.17) is 15.0 Å². The topological polar surface area (TPSA) is 74.2 Å². The van der Waals surface area contributed by atoms with E-state index in [9.17, 15) is 0 Å². The second-order valence-corrected chi connectivity index (χ2v) is 4.90. The van der Waals surface area contributed by atoms with Crippen molar-refractivity contribution in [2.75, 3.05) is 13.2 Å². The van der Waals surface area contributed by atoms with Crippen molar-refractivity contribution in [2.24, 2.45) is 5.73 Å². The summed E-state index contributed by atoms with van der Waals surface area (Å²) in [5.41, 5.74) is 6.19. The monoisotopic (exact) mass is 253 g/mol. The second kappa shape index (κ2) is 6.85. The van der Waals surface area contributed by atoms with Crippen molar-refractivity contribution in [3.63, 3.8) is 0 Å². The quantitative estimate of drug-likeness (QED) is 0.642. The Labute approximate surface area is 108 Å². The van der Waals surface area contributed by atoms with Gasteiger partial charge >= 0.3 is 0 Å². The molecule has 5 heteroatoms. The summed E-state index contributed by atoms with van der Waals surface area (Å²) in [6, 6.07) is 0.160. The molecule has 0 bridgehead atoms. The van der Waals surface area contributed by atoms with E-state index in [2.05, 4.69) is 10.1 Å². The average molecular weight is 253 g/mol. The molecule has 1 heterocycles. The molecule has 0 saturated heterocycles. The van der Waals surface area contributed by atoms with Gasteiger partial charge in [0.15, 0.2) is 5.82 Å². The van der Waals surface area contributed by atoms with Crippen LogP contribution in [0.1, 0.15) is 56.7 Å². The Morgan fingerprint density at radius 1 is 1.33 bits per heavy atom. The van der Waals surface area contributed by atoms with Crippen molar-refractivity contribution in [2.45, 2.75) is 57.4 Å². The van der Waals surface area contributed by atoms with Gasteiger partial charge in [0.1, 0.15) is 0 Å². The van der Waals surface area contributed by atoms with E-state index in [1.54, 1.807) is 0 Å². The summed E-state index contributed by atoms with van der Waals surface area (Å²) in [6.07, 6.45) is 6.50. The van der Waals surface area contributed by atoms with Gasteiger partial charge in [-0.05, 0) is 19.8 Å². The van der Waals surface area contributed by atoms with Crippen LogP contribution in [-0.4, -0.2) is 29.4 Å². The van der Waals surface area contributed by atoms with Gasteiger partial charge in [-0.25, -0.2) is 0 Å². The fourth-order valence-electron chi connectivity index (χ4n) is 2.47. The lowest BCUT2D eigenvalue weighted by Crippen LogP contribution is -2.27. The van der Waals surface area contributed by atoms with Crippen LogP contribution in [0.15, 0.2) is 4.52 Å². The molecule has 1 aliphatic carbocycles. The Morgan fingerprint density at radius 2 is 2.17 bits per heavy atom. The molecule has 0 radical (unpaired) electrons. The number of hydrogen-bond acceptors (Lipinski definition) is 5. The third kappa shape index (κ3) is 3.53. The SMILES string of the molecule is CCOCCc1noc(C2CCCCCC2N)n1. The largest absolute Gasteiger partial charge is 0.381 e. The number of hydrogen-bond donors (Lipinski definition) is 1. The minimum atomic E-state index is 0.160. The summed E-state index contributed by atoms with van der Waals surface area (Å²) in [5.74, 6) is 1.69. The van der Waals surface area contributed by atoms with Gasteiger partial charge in [-0.1, -0.05) is 24.4 Å². The van der Waals surface area contributed by atoms with E-state index in [1.165, 1.54) is 19.3 Å². The number of nitrogens with zero attached hydrogens (tertiary/aromatic N) is 2. The van der Waals surface area contributed by atoms with E-state index in [-0.39, 0.29) is 12.0 Å². The minimum absolute atomic E-state index is 0.160. The van der Waals surface area contributed by atoms with Gasteiger partial charge in [-0.3, -0.25) is 0 Å². The van der Waals surface area contributed by atoms with E-state index >= 15 is 0 Å². The zero-order chi connectivity index (χ0) is 12.8. The lowest BCUT2D eigenvalue weighted by Gasteiger charge is -2.16. The normalized spacial score (nSPS) is 25.0. The van der Waals surface area contributed by atoms with Gasteiger partial charge in [0.25, 0.3) is 0 Å². The van der Waals surface area contributed by atoms with Crippen molar-refractivity contribution >= 4 is 0 Å². The van der Waals surface area contributed by atoms with E-state index < -0.39 is 0 Å². The molecule has 2 N–H and O–H groups in total. The summed E-state index contributed by atoms with van der Waals surface area (Å²) in [6.45, 7) is 3.34. The summed E-state index contributed by atoms with van der Waals surface area (Å²) < 4.78 is 10.7. The van der Waals surface area contributed by atoms with E-state index in [0.29, 0.717) is 13.0 Å². The van der Waals surface area contributed by atoms with Crippen LogP contribution in [0, 0.1) is 0 Å². The maximum Gasteiger partial charge on any atom is 0.231 e. The lowest BCUT2D eigenvalue weighted by molar-refractivity contribution is 0.149. The maximum atomic E-state index is 6.19. The zero-order valence-electron chi connectivity index (χ0n) is 11.1. The van der Waals surface area contributed by atoms with Crippen LogP contribution in [0.4, 0.5) is 0 Å². The molecule has 1 aromatic heterocycles. The lowest BCUT2D eigenvalue weighted by atomic mass is 9.95. The molecule has 0 spiro atoms. The Morgan fingerprint density at radius 3 is 3.00 bits per heavy atom. The molecule has 18 heavy (non-hydrogen) atoms. The van der Waals surface area contributed by atoms with Crippen LogP contribution in [0.25, 0.3) is 0 Å². The Bertz CT molecular complexity index is 354. The first-order valence-electron chi connectivity index (χ1n) is 6.97. The first kappa shape index (κ1) is 13.5. The van der Waals surface area contributed by atoms with Gasteiger partial charge in [-0.15, -0.1) is 0 Å². The smallest absolute Gasteiger partial charge is 0.231 e. The molecule has 2 unspecified atom stereocenters. The first-order valence-corrected chi connectivity index (χ1v) is 6.97. The van der Waals surface area contributed by atoms with Crippen molar-refractivity contribution < 1.29 is 9.26 Å². The first-order chi connectivity index (χ1) is 8.81. The highest BCUT2D eigenvalue weighted by atomic mass is 16.5. The summed E-state index contributed by atoms with van der Waals surface area (Å²) >= 11 is 0. The summed E-state index contributed by atoms with van der Waals surface area (Å²) in [4.78, 5) is 4.46. The molecule has 0 aliphatic heterocycles. The Balaban J connectivity index is 1.95. The molecule has 102 valence electrons.